The van der Waals surface area contributed by atoms with Crippen LogP contribution >= 0.6 is 0 Å². The van der Waals surface area contributed by atoms with Gasteiger partial charge in [0.1, 0.15) is 6.10 Å². The van der Waals surface area contributed by atoms with E-state index in [1.807, 2.05) is 0 Å². The largest absolute Gasteiger partial charge is 0.465 e. The normalized spacial score (nSPS) is 50.6. The Kier molecular flexibility index (Phi) is 4.26. The molecule has 0 radical (unpaired) electrons. The van der Waals surface area contributed by atoms with Crippen LogP contribution in [0.1, 0.15) is 57.8 Å². The molecule has 0 aromatic heterocycles. The fraction of sp³-hybridized carbons (Fsp3) is 0.760. The zero-order valence-corrected chi connectivity index (χ0v) is 17.5. The number of hydrogen-bond donors (Lipinski definition) is 1. The Labute approximate surface area is 177 Å². The van der Waals surface area contributed by atoms with E-state index in [0.29, 0.717) is 30.8 Å². The van der Waals surface area contributed by atoms with Crippen LogP contribution in [0.15, 0.2) is 24.3 Å². The molecule has 0 amide bonds. The summed E-state index contributed by atoms with van der Waals surface area (Å²) in [4.78, 5) is 24.7. The minimum Gasteiger partial charge on any atom is -0.465 e. The third-order valence-electron chi connectivity index (χ3n) is 9.41. The van der Waals surface area contributed by atoms with Crippen LogP contribution in [-0.2, 0) is 19.1 Å². The molecule has 0 aromatic rings. The van der Waals surface area contributed by atoms with E-state index >= 15 is 0 Å². The van der Waals surface area contributed by atoms with Gasteiger partial charge in [0.05, 0.1) is 25.0 Å². The van der Waals surface area contributed by atoms with Gasteiger partial charge in [0.2, 0.25) is 0 Å². The Morgan fingerprint density at radius 3 is 2.83 bits per heavy atom. The zero-order chi connectivity index (χ0) is 20.5. The molecule has 5 nitrogen and oxygen atoms in total. The molecule has 1 heterocycles. The number of aliphatic hydroxyl groups excluding tert-OH is 1. The summed E-state index contributed by atoms with van der Waals surface area (Å²) < 4.78 is 11.0. The molecule has 1 N–H and O–H groups in total. The Morgan fingerprint density at radius 1 is 1.20 bits per heavy atom. The topological polar surface area (TPSA) is 72.8 Å². The average molecular weight is 413 g/mol. The zero-order valence-electron chi connectivity index (χ0n) is 17.5. The first kappa shape index (κ1) is 19.1. The van der Waals surface area contributed by atoms with Gasteiger partial charge in [-0.1, -0.05) is 24.3 Å². The molecule has 6 rings (SSSR count). The summed E-state index contributed by atoms with van der Waals surface area (Å²) in [7, 11) is 0. The summed E-state index contributed by atoms with van der Waals surface area (Å²) in [6, 6.07) is 0. The van der Waals surface area contributed by atoms with E-state index in [1.54, 1.807) is 0 Å². The van der Waals surface area contributed by atoms with Gasteiger partial charge < -0.3 is 14.6 Å². The monoisotopic (exact) mass is 412 g/mol. The van der Waals surface area contributed by atoms with Crippen molar-refractivity contribution in [1.82, 2.24) is 0 Å². The van der Waals surface area contributed by atoms with Crippen molar-refractivity contribution < 1.29 is 24.2 Å². The Hall–Kier alpha value is -1.62. The first-order valence-corrected chi connectivity index (χ1v) is 11.9. The molecule has 5 aliphatic carbocycles. The number of ether oxygens (including phenoxy) is 2. The van der Waals surface area contributed by atoms with Crippen molar-refractivity contribution in [3.63, 3.8) is 0 Å². The fourth-order valence-electron chi connectivity index (χ4n) is 8.03. The van der Waals surface area contributed by atoms with Crippen LogP contribution < -0.4 is 0 Å². The Bertz CT molecular complexity index is 816. The van der Waals surface area contributed by atoms with Crippen LogP contribution in [0.5, 0.6) is 0 Å². The predicted molar refractivity (Wildman–Crippen MR) is 109 cm³/mol. The van der Waals surface area contributed by atoms with Gasteiger partial charge in [0, 0.05) is 11.3 Å². The lowest BCUT2D eigenvalue weighted by molar-refractivity contribution is -0.159. The number of rotatable bonds is 5. The minimum absolute atomic E-state index is 0.0333. The van der Waals surface area contributed by atoms with Gasteiger partial charge in [-0.25, -0.2) is 0 Å². The molecular formula is C25H32O5. The summed E-state index contributed by atoms with van der Waals surface area (Å²) in [5.74, 6) is 1.56. The Balaban J connectivity index is 1.21. The van der Waals surface area contributed by atoms with E-state index in [1.165, 1.54) is 12.8 Å². The van der Waals surface area contributed by atoms with Crippen molar-refractivity contribution in [3.8, 4) is 0 Å². The van der Waals surface area contributed by atoms with Crippen LogP contribution in [0.25, 0.3) is 0 Å². The molecule has 5 heteroatoms. The van der Waals surface area contributed by atoms with Gasteiger partial charge in [-0.3, -0.25) is 9.59 Å². The second-order valence-electron chi connectivity index (χ2n) is 11.0. The molecule has 0 aromatic carbocycles. The highest BCUT2D eigenvalue weighted by molar-refractivity contribution is 5.75. The molecule has 1 aliphatic heterocycles. The van der Waals surface area contributed by atoms with Crippen molar-refractivity contribution in [2.75, 3.05) is 6.61 Å². The molecule has 3 saturated carbocycles. The van der Waals surface area contributed by atoms with Gasteiger partial charge in [-0.15, -0.1) is 0 Å². The van der Waals surface area contributed by atoms with Gasteiger partial charge >= 0.3 is 11.9 Å². The van der Waals surface area contributed by atoms with E-state index < -0.39 is 6.10 Å². The summed E-state index contributed by atoms with van der Waals surface area (Å²) in [5.41, 5.74) is 0.141. The molecule has 9 unspecified atom stereocenters. The number of aliphatic hydroxyl groups is 1. The lowest BCUT2D eigenvalue weighted by atomic mass is 9.56. The van der Waals surface area contributed by atoms with Crippen LogP contribution in [0.3, 0.4) is 0 Å². The molecular weight excluding hydrogens is 380 g/mol. The highest BCUT2D eigenvalue weighted by Gasteiger charge is 2.65. The third-order valence-corrected chi connectivity index (χ3v) is 9.41. The van der Waals surface area contributed by atoms with Crippen molar-refractivity contribution in [1.29, 1.82) is 0 Å². The van der Waals surface area contributed by atoms with Crippen LogP contribution in [-0.4, -0.2) is 35.9 Å². The average Bonchev–Trinajstić information content (AvgIpc) is 3.53. The molecule has 30 heavy (non-hydrogen) atoms. The molecule has 0 spiro atoms. The number of fused-ring (bicyclic) bond motifs is 5. The van der Waals surface area contributed by atoms with Gasteiger partial charge in [0.25, 0.3) is 0 Å². The lowest BCUT2D eigenvalue weighted by Crippen LogP contribution is -2.41. The van der Waals surface area contributed by atoms with Crippen LogP contribution in [0.2, 0.25) is 0 Å². The Morgan fingerprint density at radius 2 is 2.10 bits per heavy atom. The minimum atomic E-state index is -0.496. The maximum atomic E-state index is 13.1. The highest BCUT2D eigenvalue weighted by Crippen LogP contribution is 2.72. The molecule has 4 bridgehead atoms. The SMILES string of the molecule is O=C1CC(CC2CC3C=CC2(C24C=CC(C2)C(C(=O)OC2CCCC2O)C4)C3)CO1. The van der Waals surface area contributed by atoms with E-state index in [4.69, 9.17) is 9.47 Å². The highest BCUT2D eigenvalue weighted by atomic mass is 16.6. The fourth-order valence-corrected chi connectivity index (χ4v) is 8.03. The summed E-state index contributed by atoms with van der Waals surface area (Å²) in [6.45, 7) is 0.573. The number of esters is 2. The smallest absolute Gasteiger partial charge is 0.309 e. The van der Waals surface area contributed by atoms with Gasteiger partial charge in [0.15, 0.2) is 0 Å². The van der Waals surface area contributed by atoms with Crippen molar-refractivity contribution >= 4 is 11.9 Å². The standard InChI is InChI=1S/C25H32O5/c26-20-2-1-3-21(20)30-23(28)19-13-24(6-5-17(19)12-24)25-7-4-15(11-25)8-18(25)9-16-10-22(27)29-14-16/h4-7,15-21,26H,1-3,8-14H2. The van der Waals surface area contributed by atoms with E-state index in [9.17, 15) is 14.7 Å². The van der Waals surface area contributed by atoms with Gasteiger partial charge in [-0.2, -0.15) is 0 Å². The first-order valence-electron chi connectivity index (χ1n) is 11.9. The maximum absolute atomic E-state index is 13.1. The number of cyclic esters (lactones) is 1. The second-order valence-corrected chi connectivity index (χ2v) is 11.0. The quantitative estimate of drug-likeness (QED) is 0.552. The van der Waals surface area contributed by atoms with Crippen molar-refractivity contribution in [2.24, 2.45) is 40.4 Å². The number of carbonyl (C=O) groups excluding carboxylic acids is 2. The summed E-state index contributed by atoms with van der Waals surface area (Å²) >= 11 is 0. The molecule has 162 valence electrons. The van der Waals surface area contributed by atoms with Crippen LogP contribution in [0.4, 0.5) is 0 Å². The van der Waals surface area contributed by atoms with Gasteiger partial charge in [-0.05, 0) is 74.5 Å². The van der Waals surface area contributed by atoms with Crippen LogP contribution in [0, 0.1) is 40.4 Å². The number of hydrogen-bond acceptors (Lipinski definition) is 5. The second kappa shape index (κ2) is 6.69. The molecule has 9 atom stereocenters. The molecule has 1 saturated heterocycles. The first-order chi connectivity index (χ1) is 14.5. The van der Waals surface area contributed by atoms with Crippen molar-refractivity contribution in [3.05, 3.63) is 24.3 Å². The van der Waals surface area contributed by atoms with E-state index in [2.05, 4.69) is 24.3 Å². The molecule has 4 fully saturated rings. The predicted octanol–water partition coefficient (Wildman–Crippen LogP) is 3.56. The number of allylic oxidation sites excluding steroid dienone is 4. The lowest BCUT2D eigenvalue weighted by Gasteiger charge is -2.47. The molecule has 6 aliphatic rings. The summed E-state index contributed by atoms with van der Waals surface area (Å²) in [5, 5.41) is 10.1. The third kappa shape index (κ3) is 2.70. The van der Waals surface area contributed by atoms with E-state index in [0.717, 1.165) is 38.5 Å². The summed E-state index contributed by atoms with van der Waals surface area (Å²) in [6.07, 6.45) is 17.1. The van der Waals surface area contributed by atoms with E-state index in [-0.39, 0.29) is 40.7 Å². The maximum Gasteiger partial charge on any atom is 0.309 e. The number of carbonyl (C=O) groups is 2. The van der Waals surface area contributed by atoms with Crippen molar-refractivity contribution in [2.45, 2.75) is 70.0 Å².